The maximum absolute atomic E-state index is 6.21. The summed E-state index contributed by atoms with van der Waals surface area (Å²) in [7, 11) is 0. The Morgan fingerprint density at radius 1 is 0.875 bits per heavy atom. The van der Waals surface area contributed by atoms with E-state index in [2.05, 4.69) is 19.1 Å². The van der Waals surface area contributed by atoms with Crippen molar-refractivity contribution in [2.75, 3.05) is 0 Å². The third-order valence-corrected chi connectivity index (χ3v) is 3.58. The van der Waals surface area contributed by atoms with Crippen LogP contribution >= 0.6 is 23.2 Å². The molecule has 0 aliphatic rings. The van der Waals surface area contributed by atoms with Gasteiger partial charge in [-0.1, -0.05) is 72.6 Å². The van der Waals surface area contributed by atoms with Gasteiger partial charge in [0.15, 0.2) is 0 Å². The average Bonchev–Trinajstić information content (AvgIpc) is 2.33. The maximum Gasteiger partial charge on any atom is 0.0630 e. The number of rotatable bonds is 2. The summed E-state index contributed by atoms with van der Waals surface area (Å²) in [5.74, 6) is 0.257. The van der Waals surface area contributed by atoms with Gasteiger partial charge in [0.05, 0.1) is 10.0 Å². The van der Waals surface area contributed by atoms with Crippen LogP contribution in [0.2, 0.25) is 10.0 Å². The molecule has 1 atom stereocenters. The number of halogens is 2. The summed E-state index contributed by atoms with van der Waals surface area (Å²) in [6.45, 7) is 2.13. The van der Waals surface area contributed by atoms with Crippen LogP contribution in [-0.2, 0) is 0 Å². The number of hydrogen-bond acceptors (Lipinski definition) is 0. The third kappa shape index (κ3) is 2.23. The normalized spacial score (nSPS) is 12.4. The molecule has 0 nitrogen and oxygen atoms in total. The van der Waals surface area contributed by atoms with Gasteiger partial charge in [0.1, 0.15) is 0 Å². The van der Waals surface area contributed by atoms with E-state index in [0.717, 1.165) is 5.56 Å². The minimum absolute atomic E-state index is 0.257. The lowest BCUT2D eigenvalue weighted by Crippen LogP contribution is -1.96. The molecule has 0 radical (unpaired) electrons. The van der Waals surface area contributed by atoms with Crippen LogP contribution in [-0.4, -0.2) is 0 Å². The zero-order chi connectivity index (χ0) is 11.5. The summed E-state index contributed by atoms with van der Waals surface area (Å²) in [5.41, 5.74) is 2.31. The molecular formula is C14H12Cl2. The minimum Gasteiger partial charge on any atom is -0.0827 e. The van der Waals surface area contributed by atoms with Crippen molar-refractivity contribution >= 4 is 23.2 Å². The first-order valence-corrected chi connectivity index (χ1v) is 5.94. The second kappa shape index (κ2) is 4.90. The van der Waals surface area contributed by atoms with Crippen LogP contribution in [0.15, 0.2) is 48.5 Å². The van der Waals surface area contributed by atoms with E-state index in [0.29, 0.717) is 10.0 Å². The Bertz CT molecular complexity index is 477. The molecule has 82 valence electrons. The smallest absolute Gasteiger partial charge is 0.0630 e. The highest BCUT2D eigenvalue weighted by molar-refractivity contribution is 6.42. The Morgan fingerprint density at radius 2 is 1.56 bits per heavy atom. The monoisotopic (exact) mass is 250 g/mol. The molecule has 2 rings (SSSR count). The topological polar surface area (TPSA) is 0 Å². The van der Waals surface area contributed by atoms with Gasteiger partial charge in [-0.2, -0.15) is 0 Å². The van der Waals surface area contributed by atoms with Crippen molar-refractivity contribution in [3.05, 3.63) is 69.7 Å². The molecule has 16 heavy (non-hydrogen) atoms. The highest BCUT2D eigenvalue weighted by Crippen LogP contribution is 2.33. The van der Waals surface area contributed by atoms with Crippen LogP contribution in [0, 0.1) is 0 Å². The molecule has 0 aliphatic carbocycles. The predicted octanol–water partition coefficient (Wildman–Crippen LogP) is 5.15. The van der Waals surface area contributed by atoms with E-state index in [9.17, 15) is 0 Å². The Balaban J connectivity index is 2.42. The van der Waals surface area contributed by atoms with E-state index in [-0.39, 0.29) is 5.92 Å². The molecule has 2 aromatic rings. The quantitative estimate of drug-likeness (QED) is 0.692. The molecule has 0 aliphatic heterocycles. The van der Waals surface area contributed by atoms with Crippen molar-refractivity contribution in [3.8, 4) is 0 Å². The molecule has 0 heterocycles. The van der Waals surface area contributed by atoms with Crippen LogP contribution in [0.5, 0.6) is 0 Å². The molecule has 0 bridgehead atoms. The number of hydrogen-bond donors (Lipinski definition) is 0. The number of benzene rings is 2. The van der Waals surface area contributed by atoms with E-state index >= 15 is 0 Å². The van der Waals surface area contributed by atoms with Crippen LogP contribution in [0.25, 0.3) is 0 Å². The van der Waals surface area contributed by atoms with Crippen LogP contribution < -0.4 is 0 Å². The second-order valence-electron chi connectivity index (χ2n) is 3.78. The van der Waals surface area contributed by atoms with Crippen molar-refractivity contribution in [1.82, 2.24) is 0 Å². The van der Waals surface area contributed by atoms with Crippen LogP contribution in [0.4, 0.5) is 0 Å². The maximum atomic E-state index is 6.21. The van der Waals surface area contributed by atoms with Gasteiger partial charge in [-0.05, 0) is 17.2 Å². The van der Waals surface area contributed by atoms with Gasteiger partial charge < -0.3 is 0 Å². The van der Waals surface area contributed by atoms with Crippen molar-refractivity contribution in [3.63, 3.8) is 0 Å². The van der Waals surface area contributed by atoms with Crippen LogP contribution in [0.3, 0.4) is 0 Å². The SMILES string of the molecule is C[C@@H](c1ccccc1)c1cccc(Cl)c1Cl. The summed E-state index contributed by atoms with van der Waals surface area (Å²) in [4.78, 5) is 0. The highest BCUT2D eigenvalue weighted by atomic mass is 35.5. The fourth-order valence-corrected chi connectivity index (χ4v) is 2.25. The molecule has 0 unspecified atom stereocenters. The standard InChI is InChI=1S/C14H12Cl2/c1-10(11-6-3-2-4-7-11)12-8-5-9-13(15)14(12)16/h2-10H,1H3/t10-/m0/s1. The highest BCUT2D eigenvalue weighted by Gasteiger charge is 2.13. The largest absolute Gasteiger partial charge is 0.0827 e. The van der Waals surface area contributed by atoms with E-state index in [1.54, 1.807) is 0 Å². The summed E-state index contributed by atoms with van der Waals surface area (Å²) < 4.78 is 0. The van der Waals surface area contributed by atoms with E-state index in [1.807, 2.05) is 36.4 Å². The summed E-state index contributed by atoms with van der Waals surface area (Å²) >= 11 is 12.2. The zero-order valence-electron chi connectivity index (χ0n) is 8.95. The summed E-state index contributed by atoms with van der Waals surface area (Å²) in [6, 6.07) is 16.0. The molecule has 0 fully saturated rings. The second-order valence-corrected chi connectivity index (χ2v) is 4.56. The third-order valence-electron chi connectivity index (χ3n) is 2.75. The van der Waals surface area contributed by atoms with E-state index < -0.39 is 0 Å². The molecule has 0 saturated heterocycles. The van der Waals surface area contributed by atoms with Gasteiger partial charge in [-0.25, -0.2) is 0 Å². The zero-order valence-corrected chi connectivity index (χ0v) is 10.5. The van der Waals surface area contributed by atoms with Crippen molar-refractivity contribution in [1.29, 1.82) is 0 Å². The lowest BCUT2D eigenvalue weighted by molar-refractivity contribution is 0.923. The molecule has 0 amide bonds. The van der Waals surface area contributed by atoms with Gasteiger partial charge in [0, 0.05) is 5.92 Å². The van der Waals surface area contributed by atoms with Crippen LogP contribution in [0.1, 0.15) is 24.0 Å². The fourth-order valence-electron chi connectivity index (χ4n) is 1.78. The summed E-state index contributed by atoms with van der Waals surface area (Å²) in [6.07, 6.45) is 0. The molecule has 2 heteroatoms. The van der Waals surface area contributed by atoms with Crippen molar-refractivity contribution in [2.24, 2.45) is 0 Å². The first-order valence-electron chi connectivity index (χ1n) is 5.19. The van der Waals surface area contributed by atoms with Gasteiger partial charge in [0.25, 0.3) is 0 Å². The Labute approximate surface area is 106 Å². The Morgan fingerprint density at radius 3 is 2.25 bits per heavy atom. The van der Waals surface area contributed by atoms with E-state index in [4.69, 9.17) is 23.2 Å². The molecule has 0 aromatic heterocycles. The molecule has 0 N–H and O–H groups in total. The fraction of sp³-hybridized carbons (Fsp3) is 0.143. The Kier molecular flexibility index (Phi) is 3.52. The van der Waals surface area contributed by atoms with Gasteiger partial charge in [-0.15, -0.1) is 0 Å². The average molecular weight is 251 g/mol. The first-order chi connectivity index (χ1) is 7.70. The molecule has 0 spiro atoms. The first kappa shape index (κ1) is 11.5. The molecule has 2 aromatic carbocycles. The molecular weight excluding hydrogens is 239 g/mol. The predicted molar refractivity (Wildman–Crippen MR) is 70.4 cm³/mol. The summed E-state index contributed by atoms with van der Waals surface area (Å²) in [5, 5.41) is 1.27. The van der Waals surface area contributed by atoms with Gasteiger partial charge >= 0.3 is 0 Å². The van der Waals surface area contributed by atoms with Crippen molar-refractivity contribution in [2.45, 2.75) is 12.8 Å². The minimum atomic E-state index is 0.257. The van der Waals surface area contributed by atoms with E-state index in [1.165, 1.54) is 5.56 Å². The van der Waals surface area contributed by atoms with Gasteiger partial charge in [-0.3, -0.25) is 0 Å². The Hall–Kier alpha value is -0.980. The molecule has 0 saturated carbocycles. The lowest BCUT2D eigenvalue weighted by Gasteiger charge is -2.14. The lowest BCUT2D eigenvalue weighted by atomic mass is 9.93. The van der Waals surface area contributed by atoms with Gasteiger partial charge in [0.2, 0.25) is 0 Å². The van der Waals surface area contributed by atoms with Crippen molar-refractivity contribution < 1.29 is 0 Å².